The minimum atomic E-state index is -0.705. The smallest absolute Gasteiger partial charge is 0.343 e. The molecule has 3 aromatic rings. The van der Waals surface area contributed by atoms with E-state index in [2.05, 4.69) is 10.1 Å². The molecule has 8 nitrogen and oxygen atoms in total. The van der Waals surface area contributed by atoms with Gasteiger partial charge in [-0.15, -0.1) is 0 Å². The number of nitrogens with zero attached hydrogens (tertiary/aromatic N) is 1. The zero-order valence-electron chi connectivity index (χ0n) is 20.3. The van der Waals surface area contributed by atoms with Crippen LogP contribution in [0.2, 0.25) is 0 Å². The summed E-state index contributed by atoms with van der Waals surface area (Å²) in [7, 11) is 1.26. The van der Waals surface area contributed by atoms with Gasteiger partial charge in [0.2, 0.25) is 0 Å². The third kappa shape index (κ3) is 5.24. The lowest BCUT2D eigenvalue weighted by Crippen LogP contribution is -2.32. The number of halogens is 1. The van der Waals surface area contributed by atoms with E-state index in [0.29, 0.717) is 17.0 Å². The summed E-state index contributed by atoms with van der Waals surface area (Å²) in [4.78, 5) is 50.9. The van der Waals surface area contributed by atoms with Gasteiger partial charge in [-0.2, -0.15) is 0 Å². The van der Waals surface area contributed by atoms with Crippen LogP contribution in [0.15, 0.2) is 83.5 Å². The van der Waals surface area contributed by atoms with E-state index in [4.69, 9.17) is 16.3 Å². The average Bonchev–Trinajstić information content (AvgIpc) is 3.11. The molecule has 0 fully saturated rings. The summed E-state index contributed by atoms with van der Waals surface area (Å²) >= 11 is 6.19. The third-order valence-corrected chi connectivity index (χ3v) is 6.06. The highest BCUT2D eigenvalue weighted by Crippen LogP contribution is 2.31. The summed E-state index contributed by atoms with van der Waals surface area (Å²) in [6.45, 7) is 4.03. The largest absolute Gasteiger partial charge is 0.465 e. The molecule has 188 valence electrons. The lowest BCUT2D eigenvalue weighted by atomic mass is 10.0. The summed E-state index contributed by atoms with van der Waals surface area (Å²) in [6.07, 6.45) is 0. The summed E-state index contributed by atoms with van der Waals surface area (Å²) in [5, 5.41) is 2.58. The van der Waals surface area contributed by atoms with Gasteiger partial charge in [-0.3, -0.25) is 9.59 Å². The number of carbonyl (C=O) groups is 4. The molecule has 0 spiro atoms. The van der Waals surface area contributed by atoms with Crippen LogP contribution in [0.1, 0.15) is 46.0 Å². The third-order valence-electron chi connectivity index (χ3n) is 5.71. The van der Waals surface area contributed by atoms with Gasteiger partial charge < -0.3 is 14.8 Å². The van der Waals surface area contributed by atoms with E-state index in [1.165, 1.54) is 31.4 Å². The zero-order chi connectivity index (χ0) is 26.7. The van der Waals surface area contributed by atoms with Crippen molar-refractivity contribution < 1.29 is 28.7 Å². The van der Waals surface area contributed by atoms with E-state index in [-0.39, 0.29) is 27.9 Å². The van der Waals surface area contributed by atoms with Gasteiger partial charge in [0.15, 0.2) is 0 Å². The molecule has 0 saturated heterocycles. The molecule has 0 saturated carbocycles. The molecule has 0 aliphatic carbocycles. The highest BCUT2D eigenvalue weighted by molar-refractivity contribution is 6.53. The number of hydrogen-bond donors (Lipinski definition) is 1. The molecule has 1 N–H and O–H groups in total. The predicted octanol–water partition coefficient (Wildman–Crippen LogP) is 5.25. The number of ether oxygens (including phenoxy) is 2. The summed E-state index contributed by atoms with van der Waals surface area (Å²) in [5.74, 6) is -1.74. The van der Waals surface area contributed by atoms with Crippen molar-refractivity contribution in [3.63, 3.8) is 0 Å². The Morgan fingerprint density at radius 1 is 0.838 bits per heavy atom. The second-order valence-electron chi connectivity index (χ2n) is 8.46. The van der Waals surface area contributed by atoms with Crippen molar-refractivity contribution in [3.05, 3.63) is 100 Å². The average molecular weight is 519 g/mol. The van der Waals surface area contributed by atoms with Crippen molar-refractivity contribution in [1.29, 1.82) is 0 Å². The lowest BCUT2D eigenvalue weighted by molar-refractivity contribution is -0.120. The second-order valence-corrected chi connectivity index (χ2v) is 8.84. The fourth-order valence-corrected chi connectivity index (χ4v) is 3.97. The molecule has 0 unspecified atom stereocenters. The van der Waals surface area contributed by atoms with Crippen LogP contribution >= 0.6 is 11.6 Å². The maximum absolute atomic E-state index is 13.0. The lowest BCUT2D eigenvalue weighted by Gasteiger charge is -2.15. The molecule has 1 aliphatic heterocycles. The van der Waals surface area contributed by atoms with Crippen LogP contribution in [0.3, 0.4) is 0 Å². The van der Waals surface area contributed by atoms with Gasteiger partial charge in [0.25, 0.3) is 11.8 Å². The quantitative estimate of drug-likeness (QED) is 0.259. The number of carbonyl (C=O) groups excluding carboxylic acids is 4. The molecule has 37 heavy (non-hydrogen) atoms. The van der Waals surface area contributed by atoms with Gasteiger partial charge in [-0.05, 0) is 66.1 Å². The topological polar surface area (TPSA) is 102 Å². The molecule has 4 rings (SSSR count). The Labute approximate surface area is 218 Å². The molecule has 1 heterocycles. The maximum Gasteiger partial charge on any atom is 0.343 e. The van der Waals surface area contributed by atoms with Crippen LogP contribution in [0, 0.1) is 0 Å². The first-order valence-electron chi connectivity index (χ1n) is 11.4. The maximum atomic E-state index is 13.0. The Bertz CT molecular complexity index is 1410. The monoisotopic (exact) mass is 518 g/mol. The summed E-state index contributed by atoms with van der Waals surface area (Å²) in [5.41, 5.74) is 2.09. The van der Waals surface area contributed by atoms with Crippen LogP contribution < -0.4 is 15.0 Å². The fourth-order valence-electron chi connectivity index (χ4n) is 3.75. The van der Waals surface area contributed by atoms with Crippen LogP contribution in [-0.4, -0.2) is 30.9 Å². The number of para-hydroxylation sites is 1. The first-order valence-corrected chi connectivity index (χ1v) is 11.7. The van der Waals surface area contributed by atoms with Crippen molar-refractivity contribution in [3.8, 4) is 5.75 Å². The van der Waals surface area contributed by atoms with Gasteiger partial charge in [0.1, 0.15) is 16.5 Å². The first-order chi connectivity index (χ1) is 17.7. The SMILES string of the molecule is COC(=O)c1ccc(N2C(=O)C(Cl)=C(Nc3ccc(C(=O)Oc4ccccc4C(C)C)cc3)C2=O)cc1. The Kier molecular flexibility index (Phi) is 7.40. The number of amides is 2. The Morgan fingerprint density at radius 3 is 2.05 bits per heavy atom. The van der Waals surface area contributed by atoms with E-state index < -0.39 is 23.8 Å². The Balaban J connectivity index is 1.47. The summed E-state index contributed by atoms with van der Waals surface area (Å²) in [6, 6.07) is 19.4. The number of rotatable bonds is 7. The van der Waals surface area contributed by atoms with E-state index in [0.717, 1.165) is 10.5 Å². The van der Waals surface area contributed by atoms with Crippen LogP contribution in [0.4, 0.5) is 11.4 Å². The first kappa shape index (κ1) is 25.7. The van der Waals surface area contributed by atoms with E-state index in [9.17, 15) is 19.2 Å². The minimum absolute atomic E-state index is 0.107. The normalized spacial score (nSPS) is 13.3. The van der Waals surface area contributed by atoms with Gasteiger partial charge in [0.05, 0.1) is 23.9 Å². The highest BCUT2D eigenvalue weighted by Gasteiger charge is 2.39. The van der Waals surface area contributed by atoms with Gasteiger partial charge in [-0.25, -0.2) is 14.5 Å². The molecule has 0 bridgehead atoms. The van der Waals surface area contributed by atoms with Crippen molar-refractivity contribution in [1.82, 2.24) is 0 Å². The number of esters is 2. The number of nitrogens with one attached hydrogen (secondary N) is 1. The van der Waals surface area contributed by atoms with Crippen molar-refractivity contribution in [2.75, 3.05) is 17.3 Å². The van der Waals surface area contributed by atoms with Gasteiger partial charge >= 0.3 is 11.9 Å². The Hall–Kier alpha value is -4.43. The van der Waals surface area contributed by atoms with E-state index >= 15 is 0 Å². The predicted molar refractivity (Wildman–Crippen MR) is 139 cm³/mol. The highest BCUT2D eigenvalue weighted by atomic mass is 35.5. The van der Waals surface area contributed by atoms with Crippen molar-refractivity contribution in [2.24, 2.45) is 0 Å². The molecular weight excluding hydrogens is 496 g/mol. The molecule has 2 amide bonds. The van der Waals surface area contributed by atoms with Crippen LogP contribution in [0.5, 0.6) is 5.75 Å². The number of anilines is 2. The molecule has 3 aromatic carbocycles. The molecule has 1 aliphatic rings. The molecule has 0 aromatic heterocycles. The Morgan fingerprint density at radius 2 is 1.43 bits per heavy atom. The number of imide groups is 1. The van der Waals surface area contributed by atoms with Crippen LogP contribution in [0.25, 0.3) is 0 Å². The number of hydrogen-bond acceptors (Lipinski definition) is 7. The zero-order valence-corrected chi connectivity index (χ0v) is 21.0. The summed E-state index contributed by atoms with van der Waals surface area (Å²) < 4.78 is 10.2. The van der Waals surface area contributed by atoms with E-state index in [1.54, 1.807) is 36.4 Å². The number of benzene rings is 3. The minimum Gasteiger partial charge on any atom is -0.465 e. The van der Waals surface area contributed by atoms with Crippen molar-refractivity contribution in [2.45, 2.75) is 19.8 Å². The molecular formula is C28H23ClN2O6. The molecule has 0 radical (unpaired) electrons. The molecule has 9 heteroatoms. The fraction of sp³-hybridized carbons (Fsp3) is 0.143. The number of methoxy groups -OCH3 is 1. The van der Waals surface area contributed by atoms with Crippen molar-refractivity contribution >= 4 is 46.7 Å². The standard InChI is InChI=1S/C28H23ClN2O6/c1-16(2)21-6-4-5-7-22(21)37-28(35)18-8-12-19(13-9-18)30-24-23(29)25(32)31(26(24)33)20-14-10-17(11-15-20)27(34)36-3/h4-16,30H,1-3H3. The van der Waals surface area contributed by atoms with Crippen LogP contribution in [-0.2, 0) is 14.3 Å². The van der Waals surface area contributed by atoms with Gasteiger partial charge in [-0.1, -0.05) is 43.6 Å². The molecule has 0 atom stereocenters. The van der Waals surface area contributed by atoms with Gasteiger partial charge in [0, 0.05) is 5.69 Å². The second kappa shape index (κ2) is 10.7. The van der Waals surface area contributed by atoms with E-state index in [1.807, 2.05) is 26.0 Å².